The summed E-state index contributed by atoms with van der Waals surface area (Å²) in [5.74, 6) is -0.202. The molecule has 3 nitrogen and oxygen atoms in total. The van der Waals surface area contributed by atoms with Gasteiger partial charge in [0.1, 0.15) is 12.4 Å². The van der Waals surface area contributed by atoms with Crippen molar-refractivity contribution in [3.05, 3.63) is 0 Å². The van der Waals surface area contributed by atoms with E-state index >= 15 is 0 Å². The molecule has 0 aliphatic rings. The maximum atomic E-state index is 10.9. The number of ketones is 2. The number of aliphatic hydroxyl groups excluding tert-OH is 1. The maximum absolute atomic E-state index is 10.9. The number of hydrogen-bond acceptors (Lipinski definition) is 3. The van der Waals surface area contributed by atoms with Crippen LogP contribution in [-0.4, -0.2) is 23.3 Å². The molecule has 0 aromatic heterocycles. The lowest BCUT2D eigenvalue weighted by Crippen LogP contribution is -2.11. The summed E-state index contributed by atoms with van der Waals surface area (Å²) in [5, 5.41) is 8.33. The van der Waals surface area contributed by atoms with Crippen LogP contribution in [0.25, 0.3) is 0 Å². The molecular weight excluding hydrogens is 144 g/mol. The monoisotopic (exact) mass is 158 g/mol. The predicted octanol–water partition coefficient (Wildman–Crippen LogP) is 0.553. The fourth-order valence-electron chi connectivity index (χ4n) is 0.630. The molecule has 0 radical (unpaired) electrons. The Morgan fingerprint density at radius 1 is 1.27 bits per heavy atom. The molecule has 0 saturated heterocycles. The highest BCUT2D eigenvalue weighted by Gasteiger charge is 2.08. The standard InChI is InChI=1S/C8H14O3/c1-6(2)8(11)4-3-7(10)5-9/h6,9H,3-5H2,1-2H3. The van der Waals surface area contributed by atoms with Gasteiger partial charge in [-0.15, -0.1) is 0 Å². The molecule has 0 aliphatic carbocycles. The highest BCUT2D eigenvalue weighted by Crippen LogP contribution is 2.01. The van der Waals surface area contributed by atoms with E-state index in [9.17, 15) is 9.59 Å². The van der Waals surface area contributed by atoms with Crippen molar-refractivity contribution in [3.8, 4) is 0 Å². The Bertz CT molecular complexity index is 149. The maximum Gasteiger partial charge on any atom is 0.158 e. The predicted molar refractivity (Wildman–Crippen MR) is 41.2 cm³/mol. The second-order valence-corrected chi connectivity index (χ2v) is 2.82. The lowest BCUT2D eigenvalue weighted by Gasteiger charge is -2.01. The second kappa shape index (κ2) is 5.02. The van der Waals surface area contributed by atoms with E-state index in [0.29, 0.717) is 0 Å². The smallest absolute Gasteiger partial charge is 0.158 e. The van der Waals surface area contributed by atoms with E-state index in [1.54, 1.807) is 13.8 Å². The normalized spacial score (nSPS) is 10.2. The zero-order valence-electron chi connectivity index (χ0n) is 6.96. The van der Waals surface area contributed by atoms with Gasteiger partial charge in [-0.25, -0.2) is 0 Å². The van der Waals surface area contributed by atoms with Gasteiger partial charge in [-0.3, -0.25) is 9.59 Å². The van der Waals surface area contributed by atoms with Gasteiger partial charge >= 0.3 is 0 Å². The number of carbonyl (C=O) groups is 2. The van der Waals surface area contributed by atoms with Crippen LogP contribution < -0.4 is 0 Å². The first-order valence-electron chi connectivity index (χ1n) is 3.73. The van der Waals surface area contributed by atoms with Crippen LogP contribution in [0, 0.1) is 5.92 Å². The van der Waals surface area contributed by atoms with Gasteiger partial charge in [-0.1, -0.05) is 13.8 Å². The third-order valence-electron chi connectivity index (χ3n) is 1.47. The Labute approximate surface area is 66.4 Å². The van der Waals surface area contributed by atoms with E-state index < -0.39 is 6.61 Å². The quantitative estimate of drug-likeness (QED) is 0.635. The van der Waals surface area contributed by atoms with Gasteiger partial charge in [0, 0.05) is 18.8 Å². The van der Waals surface area contributed by atoms with Crippen molar-refractivity contribution in [2.45, 2.75) is 26.7 Å². The van der Waals surface area contributed by atoms with Crippen LogP contribution in [0.2, 0.25) is 0 Å². The van der Waals surface area contributed by atoms with E-state index in [1.165, 1.54) is 0 Å². The van der Waals surface area contributed by atoms with E-state index in [2.05, 4.69) is 0 Å². The van der Waals surface area contributed by atoms with Crippen molar-refractivity contribution >= 4 is 11.6 Å². The first-order valence-corrected chi connectivity index (χ1v) is 3.73. The number of Topliss-reactive ketones (excluding diaryl/α,β-unsaturated/α-hetero) is 2. The zero-order chi connectivity index (χ0) is 8.85. The molecule has 0 aliphatic heterocycles. The molecule has 0 bridgehead atoms. The van der Waals surface area contributed by atoms with E-state index in [-0.39, 0.29) is 30.3 Å². The minimum Gasteiger partial charge on any atom is -0.389 e. The molecule has 0 aromatic carbocycles. The summed E-state index contributed by atoms with van der Waals surface area (Å²) in [6.07, 6.45) is 0.435. The second-order valence-electron chi connectivity index (χ2n) is 2.82. The minimum atomic E-state index is -0.453. The van der Waals surface area contributed by atoms with Crippen molar-refractivity contribution in [1.29, 1.82) is 0 Å². The van der Waals surface area contributed by atoms with Crippen molar-refractivity contribution in [2.24, 2.45) is 5.92 Å². The van der Waals surface area contributed by atoms with Crippen LogP contribution in [0.15, 0.2) is 0 Å². The van der Waals surface area contributed by atoms with Crippen molar-refractivity contribution < 1.29 is 14.7 Å². The zero-order valence-corrected chi connectivity index (χ0v) is 6.96. The Morgan fingerprint density at radius 3 is 2.18 bits per heavy atom. The Kier molecular flexibility index (Phi) is 4.70. The van der Waals surface area contributed by atoms with E-state index in [1.807, 2.05) is 0 Å². The third kappa shape index (κ3) is 4.67. The molecule has 0 aromatic rings. The van der Waals surface area contributed by atoms with Gasteiger partial charge in [0.15, 0.2) is 5.78 Å². The Morgan fingerprint density at radius 2 is 1.82 bits per heavy atom. The summed E-state index contributed by atoms with van der Waals surface area (Å²) in [5.41, 5.74) is 0. The fraction of sp³-hybridized carbons (Fsp3) is 0.750. The molecule has 0 rings (SSSR count). The lowest BCUT2D eigenvalue weighted by atomic mass is 10.0. The van der Waals surface area contributed by atoms with Gasteiger partial charge in [-0.05, 0) is 0 Å². The molecule has 1 N–H and O–H groups in total. The highest BCUT2D eigenvalue weighted by atomic mass is 16.3. The summed E-state index contributed by atoms with van der Waals surface area (Å²) in [7, 11) is 0. The first-order chi connectivity index (χ1) is 5.07. The van der Waals surface area contributed by atoms with E-state index in [0.717, 1.165) is 0 Å². The average Bonchev–Trinajstić information content (AvgIpc) is 1.99. The van der Waals surface area contributed by atoms with Gasteiger partial charge in [-0.2, -0.15) is 0 Å². The van der Waals surface area contributed by atoms with Gasteiger partial charge in [0.05, 0.1) is 0 Å². The molecule has 0 amide bonds. The summed E-state index contributed by atoms with van der Waals surface area (Å²) in [4.78, 5) is 21.5. The van der Waals surface area contributed by atoms with Crippen LogP contribution in [0.3, 0.4) is 0 Å². The van der Waals surface area contributed by atoms with Crippen LogP contribution in [0.1, 0.15) is 26.7 Å². The third-order valence-corrected chi connectivity index (χ3v) is 1.47. The van der Waals surface area contributed by atoms with Crippen LogP contribution in [-0.2, 0) is 9.59 Å². The molecule has 0 heterocycles. The topological polar surface area (TPSA) is 54.4 Å². The molecule has 3 heteroatoms. The molecule has 0 fully saturated rings. The molecule has 0 atom stereocenters. The van der Waals surface area contributed by atoms with Crippen molar-refractivity contribution in [2.75, 3.05) is 6.61 Å². The number of hydrogen-bond donors (Lipinski definition) is 1. The first kappa shape index (κ1) is 10.3. The largest absolute Gasteiger partial charge is 0.389 e. The number of aliphatic hydroxyl groups is 1. The van der Waals surface area contributed by atoms with Gasteiger partial charge in [0.2, 0.25) is 0 Å². The van der Waals surface area contributed by atoms with Crippen LogP contribution >= 0.6 is 0 Å². The molecule has 0 spiro atoms. The van der Waals surface area contributed by atoms with Crippen molar-refractivity contribution in [1.82, 2.24) is 0 Å². The number of rotatable bonds is 5. The van der Waals surface area contributed by atoms with E-state index in [4.69, 9.17) is 5.11 Å². The number of carbonyl (C=O) groups excluding carboxylic acids is 2. The molecule has 0 unspecified atom stereocenters. The highest BCUT2D eigenvalue weighted by molar-refractivity contribution is 5.87. The Hall–Kier alpha value is -0.700. The fourth-order valence-corrected chi connectivity index (χ4v) is 0.630. The van der Waals surface area contributed by atoms with Crippen LogP contribution in [0.5, 0.6) is 0 Å². The molecule has 11 heavy (non-hydrogen) atoms. The summed E-state index contributed by atoms with van der Waals surface area (Å²) >= 11 is 0. The molecule has 0 saturated carbocycles. The van der Waals surface area contributed by atoms with Gasteiger partial charge < -0.3 is 5.11 Å². The summed E-state index contributed by atoms with van der Waals surface area (Å²) < 4.78 is 0. The Balaban J connectivity index is 3.54. The summed E-state index contributed by atoms with van der Waals surface area (Å²) in [6.45, 7) is 3.14. The lowest BCUT2D eigenvalue weighted by molar-refractivity contribution is -0.127. The SMILES string of the molecule is CC(C)C(=O)CCC(=O)CO. The van der Waals surface area contributed by atoms with Crippen LogP contribution in [0.4, 0.5) is 0 Å². The summed E-state index contributed by atoms with van der Waals surface area (Å²) in [6, 6.07) is 0. The van der Waals surface area contributed by atoms with Gasteiger partial charge in [0.25, 0.3) is 0 Å². The van der Waals surface area contributed by atoms with Crippen molar-refractivity contribution in [3.63, 3.8) is 0 Å². The minimum absolute atomic E-state index is 0.0125. The molecular formula is C8H14O3. The molecule has 64 valence electrons. The average molecular weight is 158 g/mol.